The zero-order valence-electron chi connectivity index (χ0n) is 11.1. The monoisotopic (exact) mass is 300 g/mol. The maximum absolute atomic E-state index is 11.8. The Bertz CT molecular complexity index is 664. The molecule has 1 amide bonds. The molecule has 0 radical (unpaired) electrons. The van der Waals surface area contributed by atoms with Crippen LogP contribution >= 0.6 is 11.6 Å². The number of carbonyl (C=O) groups is 1. The summed E-state index contributed by atoms with van der Waals surface area (Å²) >= 11 is 5.76. The molecule has 1 aromatic heterocycles. The topological polar surface area (TPSA) is 77.8 Å². The molecule has 106 valence electrons. The molecule has 2 aromatic rings. The zero-order valence-corrected chi connectivity index (χ0v) is 11.9. The van der Waals surface area contributed by atoms with Crippen LogP contribution in [0.5, 0.6) is 0 Å². The Morgan fingerprint density at radius 3 is 2.67 bits per heavy atom. The predicted molar refractivity (Wildman–Crippen MR) is 81.2 cm³/mol. The quantitative estimate of drug-likeness (QED) is 0.831. The summed E-state index contributed by atoms with van der Waals surface area (Å²) in [6.07, 6.45) is 0. The largest absolute Gasteiger partial charge is 0.368 e. The highest BCUT2D eigenvalue weighted by atomic mass is 35.5. The summed E-state index contributed by atoms with van der Waals surface area (Å²) in [6.45, 7) is 0.959. The fraction of sp³-hybridized carbons (Fsp3) is 0.133. The van der Waals surface area contributed by atoms with Gasteiger partial charge in [-0.15, -0.1) is 0 Å². The molecule has 0 atom stereocenters. The summed E-state index contributed by atoms with van der Waals surface area (Å²) in [5.41, 5.74) is 0.911. The minimum atomic E-state index is -0.160. The highest BCUT2D eigenvalue weighted by Gasteiger charge is 2.04. The molecule has 0 saturated carbocycles. The first-order chi connectivity index (χ1) is 10.2. The van der Waals surface area contributed by atoms with Crippen LogP contribution in [0.2, 0.25) is 5.02 Å². The van der Waals surface area contributed by atoms with Gasteiger partial charge < -0.3 is 10.6 Å². The van der Waals surface area contributed by atoms with Crippen molar-refractivity contribution in [3.63, 3.8) is 0 Å². The molecule has 0 unspecified atom stereocenters. The molecular formula is C15H13ClN4O. The van der Waals surface area contributed by atoms with Gasteiger partial charge in [0.15, 0.2) is 0 Å². The van der Waals surface area contributed by atoms with Crippen molar-refractivity contribution in [2.75, 3.05) is 18.4 Å². The lowest BCUT2D eigenvalue weighted by atomic mass is 10.2. The molecule has 0 aliphatic rings. The molecule has 0 aliphatic heterocycles. The molecule has 21 heavy (non-hydrogen) atoms. The van der Waals surface area contributed by atoms with Crippen LogP contribution in [-0.4, -0.2) is 24.0 Å². The van der Waals surface area contributed by atoms with Gasteiger partial charge in [-0.3, -0.25) is 4.79 Å². The Labute approximate surface area is 127 Å². The third-order valence-corrected chi connectivity index (χ3v) is 2.94. The number of amides is 1. The second-order valence-corrected chi connectivity index (χ2v) is 4.65. The van der Waals surface area contributed by atoms with Gasteiger partial charge >= 0.3 is 0 Å². The van der Waals surface area contributed by atoms with Crippen LogP contribution in [0.3, 0.4) is 0 Å². The number of hydrogen-bond donors (Lipinski definition) is 2. The molecule has 2 N–H and O–H groups in total. The van der Waals surface area contributed by atoms with Gasteiger partial charge in [-0.1, -0.05) is 17.7 Å². The second kappa shape index (κ2) is 7.27. The minimum absolute atomic E-state index is 0.160. The zero-order chi connectivity index (χ0) is 15.1. The Balaban J connectivity index is 1.78. The van der Waals surface area contributed by atoms with E-state index < -0.39 is 0 Å². The number of benzene rings is 1. The summed E-state index contributed by atoms with van der Waals surface area (Å²) in [5, 5.41) is 15.2. The highest BCUT2D eigenvalue weighted by molar-refractivity contribution is 6.30. The van der Waals surface area contributed by atoms with Crippen LogP contribution in [0.15, 0.2) is 42.5 Å². The minimum Gasteiger partial charge on any atom is -0.368 e. The van der Waals surface area contributed by atoms with Crippen molar-refractivity contribution < 1.29 is 4.79 Å². The van der Waals surface area contributed by atoms with E-state index in [-0.39, 0.29) is 5.91 Å². The van der Waals surface area contributed by atoms with Gasteiger partial charge in [0.2, 0.25) is 0 Å². The van der Waals surface area contributed by atoms with Crippen molar-refractivity contribution in [2.45, 2.75) is 0 Å². The number of anilines is 1. The molecule has 5 nitrogen and oxygen atoms in total. The lowest BCUT2D eigenvalue weighted by Gasteiger charge is -2.07. The molecule has 2 rings (SSSR count). The molecule has 0 bridgehead atoms. The lowest BCUT2D eigenvalue weighted by molar-refractivity contribution is 0.0955. The average Bonchev–Trinajstić information content (AvgIpc) is 2.52. The van der Waals surface area contributed by atoms with E-state index >= 15 is 0 Å². The number of nitrogens with zero attached hydrogens (tertiary/aromatic N) is 2. The maximum Gasteiger partial charge on any atom is 0.251 e. The van der Waals surface area contributed by atoms with Gasteiger partial charge in [-0.2, -0.15) is 5.26 Å². The van der Waals surface area contributed by atoms with Gasteiger partial charge in [-0.05, 0) is 36.4 Å². The van der Waals surface area contributed by atoms with Crippen molar-refractivity contribution in [1.29, 1.82) is 5.26 Å². The van der Waals surface area contributed by atoms with Crippen molar-refractivity contribution in [3.8, 4) is 6.07 Å². The summed E-state index contributed by atoms with van der Waals surface area (Å²) in [4.78, 5) is 15.9. The summed E-state index contributed by atoms with van der Waals surface area (Å²) in [5.74, 6) is 0.446. The van der Waals surface area contributed by atoms with Gasteiger partial charge in [-0.25, -0.2) is 4.98 Å². The van der Waals surface area contributed by atoms with Crippen LogP contribution < -0.4 is 10.6 Å². The number of nitrogens with one attached hydrogen (secondary N) is 2. The number of carbonyl (C=O) groups excluding carboxylic acids is 1. The van der Waals surface area contributed by atoms with Gasteiger partial charge in [0, 0.05) is 23.7 Å². The third kappa shape index (κ3) is 4.48. The Hall–Kier alpha value is -2.58. The van der Waals surface area contributed by atoms with Crippen LogP contribution in [0, 0.1) is 11.3 Å². The van der Waals surface area contributed by atoms with E-state index in [1.54, 1.807) is 42.5 Å². The SMILES string of the molecule is N#Cc1cccc(NCCNC(=O)c2ccc(Cl)cc2)n1. The van der Waals surface area contributed by atoms with Crippen molar-refractivity contribution in [3.05, 3.63) is 58.7 Å². The van der Waals surface area contributed by atoms with Crippen LogP contribution in [0.1, 0.15) is 16.1 Å². The molecule has 0 saturated heterocycles. The normalized spacial score (nSPS) is 9.71. The fourth-order valence-corrected chi connectivity index (χ4v) is 1.79. The molecule has 1 aromatic carbocycles. The van der Waals surface area contributed by atoms with E-state index in [9.17, 15) is 4.79 Å². The number of aromatic nitrogens is 1. The van der Waals surface area contributed by atoms with Crippen molar-refractivity contribution >= 4 is 23.3 Å². The molecule has 1 heterocycles. The Kier molecular flexibility index (Phi) is 5.13. The van der Waals surface area contributed by atoms with E-state index in [1.165, 1.54) is 0 Å². The first kappa shape index (κ1) is 14.8. The van der Waals surface area contributed by atoms with E-state index in [0.29, 0.717) is 35.2 Å². The molecule has 0 spiro atoms. The first-order valence-corrected chi connectivity index (χ1v) is 6.71. The third-order valence-electron chi connectivity index (χ3n) is 2.69. The van der Waals surface area contributed by atoms with Crippen LogP contribution in [-0.2, 0) is 0 Å². The van der Waals surface area contributed by atoms with Gasteiger partial charge in [0.1, 0.15) is 17.6 Å². The number of rotatable bonds is 5. The average molecular weight is 301 g/mol. The highest BCUT2D eigenvalue weighted by Crippen LogP contribution is 2.09. The van der Waals surface area contributed by atoms with Crippen LogP contribution in [0.25, 0.3) is 0 Å². The van der Waals surface area contributed by atoms with Crippen molar-refractivity contribution in [2.24, 2.45) is 0 Å². The van der Waals surface area contributed by atoms with E-state index in [1.807, 2.05) is 6.07 Å². The fourth-order valence-electron chi connectivity index (χ4n) is 1.67. The second-order valence-electron chi connectivity index (χ2n) is 4.21. The number of halogens is 1. The smallest absolute Gasteiger partial charge is 0.251 e. The molecule has 0 fully saturated rings. The summed E-state index contributed by atoms with van der Waals surface area (Å²) < 4.78 is 0. The lowest BCUT2D eigenvalue weighted by Crippen LogP contribution is -2.28. The molecule has 6 heteroatoms. The predicted octanol–water partition coefficient (Wildman–Crippen LogP) is 2.45. The summed E-state index contributed by atoms with van der Waals surface area (Å²) in [7, 11) is 0. The standard InChI is InChI=1S/C15H13ClN4O/c16-12-6-4-11(5-7-12)15(21)19-9-8-18-14-3-1-2-13(10-17)20-14/h1-7H,8-9H2,(H,18,20)(H,19,21). The summed E-state index contributed by atoms with van der Waals surface area (Å²) in [6, 6.07) is 13.8. The van der Waals surface area contributed by atoms with Gasteiger partial charge in [0.05, 0.1) is 0 Å². The number of pyridine rings is 1. The Morgan fingerprint density at radius 2 is 1.95 bits per heavy atom. The molecular weight excluding hydrogens is 288 g/mol. The number of nitriles is 1. The van der Waals surface area contributed by atoms with Gasteiger partial charge in [0.25, 0.3) is 5.91 Å². The number of hydrogen-bond acceptors (Lipinski definition) is 4. The van der Waals surface area contributed by atoms with E-state index in [2.05, 4.69) is 15.6 Å². The Morgan fingerprint density at radius 1 is 1.19 bits per heavy atom. The van der Waals surface area contributed by atoms with Crippen LogP contribution in [0.4, 0.5) is 5.82 Å². The van der Waals surface area contributed by atoms with E-state index in [0.717, 1.165) is 0 Å². The first-order valence-electron chi connectivity index (χ1n) is 6.34. The molecule has 0 aliphatic carbocycles. The maximum atomic E-state index is 11.8. The van der Waals surface area contributed by atoms with Crippen molar-refractivity contribution in [1.82, 2.24) is 10.3 Å². The van der Waals surface area contributed by atoms with E-state index in [4.69, 9.17) is 16.9 Å².